The largest absolute Gasteiger partial charge is 0.493 e. The number of carbonyl (C=O) groups is 1. The fraction of sp³-hybridized carbons (Fsp3) is 0.649. The number of rotatable bonds is 12. The summed E-state index contributed by atoms with van der Waals surface area (Å²) in [6.07, 6.45) is 9.83. The predicted octanol–water partition coefficient (Wildman–Crippen LogP) is 5.77. The van der Waals surface area contributed by atoms with E-state index in [0.717, 1.165) is 88.9 Å². The van der Waals surface area contributed by atoms with Crippen LogP contribution in [0.4, 0.5) is 0 Å². The molecule has 2 unspecified atom stereocenters. The van der Waals surface area contributed by atoms with Crippen LogP contribution < -0.4 is 9.47 Å². The SMILES string of the molecule is COc1ccc2c3c1O[C@H]1[C@H](N(CC(C)C)C(=O)CCCCCc4ccccc4)CC[C@H]4[C@@H](C2)N(CC2CC2O)CC[C@@]341. The van der Waals surface area contributed by atoms with E-state index in [2.05, 4.69) is 66.1 Å². The van der Waals surface area contributed by atoms with E-state index in [1.807, 2.05) is 0 Å². The molecule has 2 aromatic rings. The Morgan fingerprint density at radius 1 is 1.14 bits per heavy atom. The molecular weight excluding hydrogens is 536 g/mol. The molecule has 43 heavy (non-hydrogen) atoms. The van der Waals surface area contributed by atoms with Gasteiger partial charge in [-0.3, -0.25) is 9.69 Å². The van der Waals surface area contributed by atoms with Crippen LogP contribution in [-0.2, 0) is 23.1 Å². The van der Waals surface area contributed by atoms with Gasteiger partial charge < -0.3 is 19.5 Å². The molecular formula is C37H50N2O4. The molecule has 3 aliphatic carbocycles. The highest BCUT2D eigenvalue weighted by Crippen LogP contribution is 2.64. The van der Waals surface area contributed by atoms with Crippen molar-refractivity contribution < 1.29 is 19.4 Å². The third kappa shape index (κ3) is 5.16. The van der Waals surface area contributed by atoms with E-state index in [9.17, 15) is 9.90 Å². The van der Waals surface area contributed by atoms with Gasteiger partial charge in [-0.15, -0.1) is 0 Å². The Balaban J connectivity index is 1.13. The second kappa shape index (κ2) is 11.7. The Morgan fingerprint density at radius 2 is 1.95 bits per heavy atom. The molecule has 2 bridgehead atoms. The lowest BCUT2D eigenvalue weighted by molar-refractivity contribution is -0.143. The van der Waals surface area contributed by atoms with Gasteiger partial charge in [-0.25, -0.2) is 0 Å². The number of aryl methyl sites for hydroxylation is 1. The monoisotopic (exact) mass is 586 g/mol. The standard InChI is InChI=1S/C37H50N2O4/c1-24(2)22-39(33(41)13-9-5-8-12-25-10-6-4-7-11-25)29-16-15-28-30-20-26-14-17-32(42-3)35-34(26)37(28,36(29)43-35)18-19-38(30)23-27-21-31(27)40/h4,6-7,10-11,14,17,24,27-31,36,40H,5,8-9,12-13,15-16,18-23H2,1-3H3/t27?,28-,29+,30+,31?,36-,37-/m0/s1. The Kier molecular flexibility index (Phi) is 7.96. The van der Waals surface area contributed by atoms with Gasteiger partial charge in [-0.2, -0.15) is 0 Å². The smallest absolute Gasteiger partial charge is 0.222 e. The lowest BCUT2D eigenvalue weighted by Crippen LogP contribution is -2.69. The fourth-order valence-electron chi connectivity index (χ4n) is 9.41. The zero-order valence-electron chi connectivity index (χ0n) is 26.3. The summed E-state index contributed by atoms with van der Waals surface area (Å²) < 4.78 is 13.0. The second-order valence-electron chi connectivity index (χ2n) is 14.5. The summed E-state index contributed by atoms with van der Waals surface area (Å²) in [7, 11) is 1.75. The lowest BCUT2D eigenvalue weighted by Gasteiger charge is -2.60. The predicted molar refractivity (Wildman–Crippen MR) is 169 cm³/mol. The molecule has 3 fully saturated rings. The van der Waals surface area contributed by atoms with Crippen LogP contribution in [0.1, 0.15) is 81.9 Å². The lowest BCUT2D eigenvalue weighted by atomic mass is 9.51. The zero-order chi connectivity index (χ0) is 29.7. The molecule has 0 radical (unpaired) electrons. The van der Waals surface area contributed by atoms with Crippen LogP contribution >= 0.6 is 0 Å². The molecule has 7 atom stereocenters. The number of aliphatic hydroxyl groups is 1. The molecule has 1 N–H and O–H groups in total. The normalized spacial score (nSPS) is 31.8. The second-order valence-corrected chi connectivity index (χ2v) is 14.5. The number of carbonyl (C=O) groups excluding carboxylic acids is 1. The summed E-state index contributed by atoms with van der Waals surface area (Å²) in [6.45, 7) is 7.29. The third-order valence-corrected chi connectivity index (χ3v) is 11.4. The number of amides is 1. The average molecular weight is 587 g/mol. The maximum atomic E-state index is 14.1. The van der Waals surface area contributed by atoms with Crippen molar-refractivity contribution in [3.8, 4) is 11.5 Å². The van der Waals surface area contributed by atoms with Crippen LogP contribution in [0.25, 0.3) is 0 Å². The quantitative estimate of drug-likeness (QED) is 0.320. The number of benzene rings is 2. The van der Waals surface area contributed by atoms with E-state index < -0.39 is 0 Å². The van der Waals surface area contributed by atoms with Crippen LogP contribution in [0, 0.1) is 17.8 Å². The van der Waals surface area contributed by atoms with Gasteiger partial charge in [0.05, 0.1) is 19.3 Å². The molecule has 232 valence electrons. The Labute approximate surface area is 257 Å². The number of piperidine rings is 1. The molecule has 1 saturated heterocycles. The number of hydrogen-bond acceptors (Lipinski definition) is 5. The van der Waals surface area contributed by atoms with Crippen LogP contribution in [0.5, 0.6) is 11.5 Å². The van der Waals surface area contributed by atoms with Crippen molar-refractivity contribution >= 4 is 5.91 Å². The van der Waals surface area contributed by atoms with Gasteiger partial charge in [0.25, 0.3) is 0 Å². The number of hydrogen-bond donors (Lipinski definition) is 1. The van der Waals surface area contributed by atoms with E-state index in [4.69, 9.17) is 9.47 Å². The number of methoxy groups -OCH3 is 1. The first kappa shape index (κ1) is 29.2. The number of likely N-dealkylation sites (tertiary alicyclic amines) is 1. The molecule has 6 nitrogen and oxygen atoms in total. The highest BCUT2D eigenvalue weighted by molar-refractivity contribution is 5.77. The average Bonchev–Trinajstić information content (AvgIpc) is 3.59. The number of aliphatic hydroxyl groups excluding tert-OH is 1. The van der Waals surface area contributed by atoms with Crippen molar-refractivity contribution in [3.05, 3.63) is 59.2 Å². The van der Waals surface area contributed by atoms with Gasteiger partial charge in [-0.1, -0.05) is 56.7 Å². The zero-order valence-corrected chi connectivity index (χ0v) is 26.3. The van der Waals surface area contributed by atoms with E-state index in [-0.39, 0.29) is 23.7 Å². The molecule has 5 aliphatic rings. The molecule has 7 rings (SSSR count). The van der Waals surface area contributed by atoms with Gasteiger partial charge in [0.2, 0.25) is 5.91 Å². The molecule has 6 heteroatoms. The van der Waals surface area contributed by atoms with E-state index in [1.165, 1.54) is 16.7 Å². The van der Waals surface area contributed by atoms with Crippen LogP contribution in [0.2, 0.25) is 0 Å². The van der Waals surface area contributed by atoms with E-state index in [0.29, 0.717) is 36.1 Å². The van der Waals surface area contributed by atoms with Gasteiger partial charge >= 0.3 is 0 Å². The van der Waals surface area contributed by atoms with Crippen LogP contribution in [-0.4, -0.2) is 71.8 Å². The number of unbranched alkanes of at least 4 members (excludes halogenated alkanes) is 2. The van der Waals surface area contributed by atoms with Crippen LogP contribution in [0.15, 0.2) is 42.5 Å². The summed E-state index contributed by atoms with van der Waals surface area (Å²) in [5.41, 5.74) is 4.10. The summed E-state index contributed by atoms with van der Waals surface area (Å²) in [6, 6.07) is 15.6. The molecule has 1 amide bonds. The maximum absolute atomic E-state index is 14.1. The molecule has 2 heterocycles. The van der Waals surface area contributed by atoms with Crippen molar-refractivity contribution in [2.45, 2.75) is 108 Å². The van der Waals surface area contributed by atoms with Crippen molar-refractivity contribution in [1.29, 1.82) is 0 Å². The molecule has 2 aliphatic heterocycles. The summed E-state index contributed by atoms with van der Waals surface area (Å²) in [5, 5.41) is 10.1. The molecule has 2 saturated carbocycles. The third-order valence-electron chi connectivity index (χ3n) is 11.4. The maximum Gasteiger partial charge on any atom is 0.222 e. The Bertz CT molecular complexity index is 1310. The highest BCUT2D eigenvalue weighted by atomic mass is 16.5. The van der Waals surface area contributed by atoms with E-state index in [1.54, 1.807) is 7.11 Å². The van der Waals surface area contributed by atoms with E-state index >= 15 is 0 Å². The number of nitrogens with zero attached hydrogens (tertiary/aromatic N) is 2. The first-order valence-corrected chi connectivity index (χ1v) is 17.0. The highest BCUT2D eigenvalue weighted by Gasteiger charge is 2.67. The first-order valence-electron chi connectivity index (χ1n) is 17.0. The fourth-order valence-corrected chi connectivity index (χ4v) is 9.41. The van der Waals surface area contributed by atoms with Crippen molar-refractivity contribution in [2.24, 2.45) is 17.8 Å². The van der Waals surface area contributed by atoms with Gasteiger partial charge in [-0.05, 0) is 86.9 Å². The minimum absolute atomic E-state index is 0.0338. The molecule has 1 spiro atoms. The Hall–Kier alpha value is -2.57. The topological polar surface area (TPSA) is 62.2 Å². The van der Waals surface area contributed by atoms with Crippen LogP contribution in [0.3, 0.4) is 0 Å². The summed E-state index contributed by atoms with van der Waals surface area (Å²) in [4.78, 5) is 19.0. The van der Waals surface area contributed by atoms with Gasteiger partial charge in [0, 0.05) is 42.4 Å². The first-order chi connectivity index (χ1) is 20.9. The van der Waals surface area contributed by atoms with Crippen molar-refractivity contribution in [2.75, 3.05) is 26.7 Å². The van der Waals surface area contributed by atoms with Crippen molar-refractivity contribution in [1.82, 2.24) is 9.80 Å². The summed E-state index contributed by atoms with van der Waals surface area (Å²) >= 11 is 0. The Morgan fingerprint density at radius 3 is 2.70 bits per heavy atom. The number of ether oxygens (including phenoxy) is 2. The minimum atomic E-state index is -0.116. The molecule has 2 aromatic carbocycles. The van der Waals surface area contributed by atoms with Gasteiger partial charge in [0.1, 0.15) is 6.10 Å². The van der Waals surface area contributed by atoms with Crippen molar-refractivity contribution in [3.63, 3.8) is 0 Å². The molecule has 0 aromatic heterocycles. The summed E-state index contributed by atoms with van der Waals surface area (Å²) in [5.74, 6) is 3.42. The van der Waals surface area contributed by atoms with Gasteiger partial charge in [0.15, 0.2) is 11.5 Å². The minimum Gasteiger partial charge on any atom is -0.493 e.